The van der Waals surface area contributed by atoms with Crippen LogP contribution in [0.5, 0.6) is 0 Å². The lowest BCUT2D eigenvalue weighted by molar-refractivity contribution is -0.144. The SMILES string of the molecule is CC(C)c1ccc(NC(=O)C(=O)N2CCN(Cc3ccccc3)CC2)cc1. The molecule has 142 valence electrons. The number of benzene rings is 2. The van der Waals surface area contributed by atoms with Gasteiger partial charge in [0.1, 0.15) is 0 Å². The fourth-order valence-electron chi connectivity index (χ4n) is 3.23. The molecule has 1 saturated heterocycles. The minimum Gasteiger partial charge on any atom is -0.332 e. The van der Waals surface area contributed by atoms with Crippen LogP contribution in [0.3, 0.4) is 0 Å². The molecule has 27 heavy (non-hydrogen) atoms. The van der Waals surface area contributed by atoms with Gasteiger partial charge in [0.05, 0.1) is 0 Å². The smallest absolute Gasteiger partial charge is 0.313 e. The van der Waals surface area contributed by atoms with Crippen molar-refractivity contribution >= 4 is 17.5 Å². The molecule has 0 bridgehead atoms. The highest BCUT2D eigenvalue weighted by molar-refractivity contribution is 6.39. The summed E-state index contributed by atoms with van der Waals surface area (Å²) in [5.41, 5.74) is 3.12. The number of carbonyl (C=O) groups is 2. The Labute approximate surface area is 161 Å². The summed E-state index contributed by atoms with van der Waals surface area (Å²) in [5.74, 6) is -0.588. The predicted molar refractivity (Wildman–Crippen MR) is 107 cm³/mol. The van der Waals surface area contributed by atoms with E-state index in [9.17, 15) is 9.59 Å². The highest BCUT2D eigenvalue weighted by atomic mass is 16.2. The number of nitrogens with zero attached hydrogens (tertiary/aromatic N) is 2. The zero-order valence-corrected chi connectivity index (χ0v) is 16.0. The van der Waals surface area contributed by atoms with Crippen molar-refractivity contribution in [3.05, 3.63) is 65.7 Å². The maximum absolute atomic E-state index is 12.4. The Morgan fingerprint density at radius 3 is 2.15 bits per heavy atom. The lowest BCUT2D eigenvalue weighted by Crippen LogP contribution is -2.51. The Hall–Kier alpha value is -2.66. The van der Waals surface area contributed by atoms with Crippen LogP contribution in [0.1, 0.15) is 30.9 Å². The molecule has 1 heterocycles. The van der Waals surface area contributed by atoms with E-state index in [2.05, 4.69) is 36.2 Å². The number of amides is 2. The number of piperazine rings is 1. The predicted octanol–water partition coefficient (Wildman–Crippen LogP) is 3.09. The van der Waals surface area contributed by atoms with E-state index in [1.807, 2.05) is 42.5 Å². The molecule has 0 spiro atoms. The summed E-state index contributed by atoms with van der Waals surface area (Å²) in [6, 6.07) is 17.9. The fourth-order valence-corrected chi connectivity index (χ4v) is 3.23. The first-order chi connectivity index (χ1) is 13.0. The Balaban J connectivity index is 1.49. The number of rotatable bonds is 4. The second-order valence-electron chi connectivity index (χ2n) is 7.28. The van der Waals surface area contributed by atoms with Crippen LogP contribution < -0.4 is 5.32 Å². The van der Waals surface area contributed by atoms with Crippen LogP contribution >= 0.6 is 0 Å². The third kappa shape index (κ3) is 5.17. The Morgan fingerprint density at radius 2 is 1.56 bits per heavy atom. The van der Waals surface area contributed by atoms with E-state index in [1.165, 1.54) is 11.1 Å². The first-order valence-corrected chi connectivity index (χ1v) is 9.49. The van der Waals surface area contributed by atoms with Crippen molar-refractivity contribution in [1.82, 2.24) is 9.80 Å². The van der Waals surface area contributed by atoms with Crippen LogP contribution in [-0.2, 0) is 16.1 Å². The third-order valence-electron chi connectivity index (χ3n) is 4.94. The molecule has 0 radical (unpaired) electrons. The van der Waals surface area contributed by atoms with E-state index < -0.39 is 11.8 Å². The van der Waals surface area contributed by atoms with Crippen LogP contribution in [0, 0.1) is 0 Å². The summed E-state index contributed by atoms with van der Waals surface area (Å²) in [5, 5.41) is 2.71. The van der Waals surface area contributed by atoms with E-state index >= 15 is 0 Å². The summed E-state index contributed by atoms with van der Waals surface area (Å²) >= 11 is 0. The van der Waals surface area contributed by atoms with E-state index in [0.717, 1.165) is 19.6 Å². The van der Waals surface area contributed by atoms with Crippen LogP contribution in [0.15, 0.2) is 54.6 Å². The zero-order chi connectivity index (χ0) is 19.2. The van der Waals surface area contributed by atoms with Crippen LogP contribution in [0.2, 0.25) is 0 Å². The molecule has 1 fully saturated rings. The summed E-state index contributed by atoms with van der Waals surface area (Å²) < 4.78 is 0. The highest BCUT2D eigenvalue weighted by Gasteiger charge is 2.26. The normalized spacial score (nSPS) is 15.0. The van der Waals surface area contributed by atoms with Gasteiger partial charge in [-0.1, -0.05) is 56.3 Å². The molecule has 2 aromatic carbocycles. The van der Waals surface area contributed by atoms with Gasteiger partial charge in [-0.05, 0) is 29.2 Å². The van der Waals surface area contributed by atoms with Gasteiger partial charge in [0, 0.05) is 38.4 Å². The van der Waals surface area contributed by atoms with Crippen LogP contribution in [0.25, 0.3) is 0 Å². The molecule has 0 unspecified atom stereocenters. The minimum atomic E-state index is -0.566. The van der Waals surface area contributed by atoms with Gasteiger partial charge in [-0.25, -0.2) is 0 Å². The molecular formula is C22H27N3O2. The molecular weight excluding hydrogens is 338 g/mol. The second-order valence-corrected chi connectivity index (χ2v) is 7.28. The van der Waals surface area contributed by atoms with Crippen molar-refractivity contribution in [2.75, 3.05) is 31.5 Å². The molecule has 2 amide bonds. The van der Waals surface area contributed by atoms with Gasteiger partial charge >= 0.3 is 11.8 Å². The molecule has 0 atom stereocenters. The fraction of sp³-hybridized carbons (Fsp3) is 0.364. The molecule has 1 aliphatic heterocycles. The van der Waals surface area contributed by atoms with Gasteiger partial charge in [-0.3, -0.25) is 14.5 Å². The molecule has 5 heteroatoms. The Bertz CT molecular complexity index is 764. The number of hydrogen-bond donors (Lipinski definition) is 1. The van der Waals surface area contributed by atoms with Crippen LogP contribution in [0.4, 0.5) is 5.69 Å². The number of nitrogens with one attached hydrogen (secondary N) is 1. The molecule has 0 aliphatic carbocycles. The minimum absolute atomic E-state index is 0.434. The highest BCUT2D eigenvalue weighted by Crippen LogP contribution is 2.17. The summed E-state index contributed by atoms with van der Waals surface area (Å²) in [4.78, 5) is 28.7. The maximum Gasteiger partial charge on any atom is 0.313 e. The Morgan fingerprint density at radius 1 is 0.926 bits per heavy atom. The van der Waals surface area contributed by atoms with E-state index in [-0.39, 0.29) is 0 Å². The van der Waals surface area contributed by atoms with Crippen molar-refractivity contribution in [3.63, 3.8) is 0 Å². The van der Waals surface area contributed by atoms with Gasteiger partial charge in [0.25, 0.3) is 0 Å². The molecule has 0 aromatic heterocycles. The third-order valence-corrected chi connectivity index (χ3v) is 4.94. The summed E-state index contributed by atoms with van der Waals surface area (Å²) in [7, 11) is 0. The van der Waals surface area contributed by atoms with Crippen molar-refractivity contribution in [1.29, 1.82) is 0 Å². The molecule has 5 nitrogen and oxygen atoms in total. The van der Waals surface area contributed by atoms with Gasteiger partial charge in [-0.15, -0.1) is 0 Å². The van der Waals surface area contributed by atoms with Gasteiger partial charge in [0.15, 0.2) is 0 Å². The standard InChI is InChI=1S/C22H27N3O2/c1-17(2)19-8-10-20(11-9-19)23-21(26)22(27)25-14-12-24(13-15-25)16-18-6-4-3-5-7-18/h3-11,17H,12-16H2,1-2H3,(H,23,26). The molecule has 1 aliphatic rings. The summed E-state index contributed by atoms with van der Waals surface area (Å²) in [6.07, 6.45) is 0. The first-order valence-electron chi connectivity index (χ1n) is 9.49. The van der Waals surface area contributed by atoms with E-state index in [4.69, 9.17) is 0 Å². The maximum atomic E-state index is 12.4. The van der Waals surface area contributed by atoms with Crippen molar-refractivity contribution in [2.24, 2.45) is 0 Å². The largest absolute Gasteiger partial charge is 0.332 e. The number of carbonyl (C=O) groups excluding carboxylic acids is 2. The lowest BCUT2D eigenvalue weighted by Gasteiger charge is -2.34. The van der Waals surface area contributed by atoms with E-state index in [1.54, 1.807) is 4.90 Å². The van der Waals surface area contributed by atoms with Crippen molar-refractivity contribution in [2.45, 2.75) is 26.3 Å². The zero-order valence-electron chi connectivity index (χ0n) is 16.0. The first kappa shape index (κ1) is 19.1. The van der Waals surface area contributed by atoms with Crippen LogP contribution in [-0.4, -0.2) is 47.8 Å². The van der Waals surface area contributed by atoms with Crippen molar-refractivity contribution in [3.8, 4) is 0 Å². The monoisotopic (exact) mass is 365 g/mol. The van der Waals surface area contributed by atoms with E-state index in [0.29, 0.717) is 24.7 Å². The number of anilines is 1. The molecule has 0 saturated carbocycles. The topological polar surface area (TPSA) is 52.7 Å². The average Bonchev–Trinajstić information content (AvgIpc) is 2.69. The van der Waals surface area contributed by atoms with Gasteiger partial charge < -0.3 is 10.2 Å². The quantitative estimate of drug-likeness (QED) is 0.847. The molecule has 3 rings (SSSR count). The van der Waals surface area contributed by atoms with Gasteiger partial charge in [-0.2, -0.15) is 0 Å². The average molecular weight is 365 g/mol. The molecule has 1 N–H and O–H groups in total. The summed E-state index contributed by atoms with van der Waals surface area (Å²) in [6.45, 7) is 7.81. The Kier molecular flexibility index (Phi) is 6.24. The molecule has 2 aromatic rings. The number of hydrogen-bond acceptors (Lipinski definition) is 3. The van der Waals surface area contributed by atoms with Crippen molar-refractivity contribution < 1.29 is 9.59 Å². The van der Waals surface area contributed by atoms with Gasteiger partial charge in [0.2, 0.25) is 0 Å². The second kappa shape index (κ2) is 8.82. The lowest BCUT2D eigenvalue weighted by atomic mass is 10.0.